The lowest BCUT2D eigenvalue weighted by Gasteiger charge is -1.99. The Labute approximate surface area is 141 Å². The Morgan fingerprint density at radius 2 is 1.82 bits per heavy atom. The zero-order chi connectivity index (χ0) is 15.4. The van der Waals surface area contributed by atoms with Crippen molar-refractivity contribution < 1.29 is 4.79 Å². The summed E-state index contributed by atoms with van der Waals surface area (Å²) in [6.45, 7) is 0. The van der Waals surface area contributed by atoms with E-state index in [1.165, 1.54) is 23.3 Å². The maximum absolute atomic E-state index is 12.1. The number of halogens is 1. The molecule has 0 aliphatic heterocycles. The molecule has 0 unspecified atom stereocenters. The van der Waals surface area contributed by atoms with E-state index < -0.39 is 0 Å². The molecule has 0 radical (unpaired) electrons. The van der Waals surface area contributed by atoms with Crippen LogP contribution in [0.4, 0.5) is 0 Å². The van der Waals surface area contributed by atoms with Crippen molar-refractivity contribution in [3.05, 3.63) is 65.2 Å². The Morgan fingerprint density at radius 1 is 1.09 bits per heavy atom. The third kappa shape index (κ3) is 3.74. The summed E-state index contributed by atoms with van der Waals surface area (Å²) in [4.78, 5) is 16.6. The highest BCUT2D eigenvalue weighted by atomic mass is 35.5. The number of hydrogen-bond acceptors (Lipinski definition) is 5. The number of rotatable bonds is 5. The van der Waals surface area contributed by atoms with Gasteiger partial charge in [-0.3, -0.25) is 4.79 Å². The van der Waals surface area contributed by atoms with Crippen molar-refractivity contribution in [2.24, 2.45) is 0 Å². The standard InChI is InChI=1S/C16H11ClN2OS2/c17-13-8-6-11(7-9-13)14(20)10-21-16-18-15(19-22-16)12-4-2-1-3-5-12/h1-9H,10H2. The van der Waals surface area contributed by atoms with Gasteiger partial charge in [0.25, 0.3) is 0 Å². The Hall–Kier alpha value is -1.69. The van der Waals surface area contributed by atoms with E-state index in [0.29, 0.717) is 22.2 Å². The predicted molar refractivity (Wildman–Crippen MR) is 91.9 cm³/mol. The monoisotopic (exact) mass is 346 g/mol. The van der Waals surface area contributed by atoms with Gasteiger partial charge in [-0.25, -0.2) is 4.98 Å². The highest BCUT2D eigenvalue weighted by Gasteiger charge is 2.10. The molecule has 2 aromatic carbocycles. The van der Waals surface area contributed by atoms with E-state index in [2.05, 4.69) is 9.36 Å². The third-order valence-electron chi connectivity index (χ3n) is 2.93. The fourth-order valence-electron chi connectivity index (χ4n) is 1.82. The first-order valence-corrected chi connectivity index (χ1v) is 8.67. The number of carbonyl (C=O) groups excluding carboxylic acids is 1. The number of aromatic nitrogens is 2. The smallest absolute Gasteiger partial charge is 0.174 e. The SMILES string of the molecule is O=C(CSc1nc(-c2ccccc2)ns1)c1ccc(Cl)cc1. The summed E-state index contributed by atoms with van der Waals surface area (Å²) in [7, 11) is 0. The fraction of sp³-hybridized carbons (Fsp3) is 0.0625. The quantitative estimate of drug-likeness (QED) is 0.490. The molecule has 0 aliphatic rings. The average molecular weight is 347 g/mol. The summed E-state index contributed by atoms with van der Waals surface area (Å²) in [6, 6.07) is 16.7. The van der Waals surface area contributed by atoms with Gasteiger partial charge in [0.2, 0.25) is 0 Å². The maximum Gasteiger partial charge on any atom is 0.174 e. The van der Waals surface area contributed by atoms with Crippen LogP contribution in [0.3, 0.4) is 0 Å². The minimum absolute atomic E-state index is 0.0538. The van der Waals surface area contributed by atoms with Crippen LogP contribution < -0.4 is 0 Å². The molecule has 22 heavy (non-hydrogen) atoms. The first-order valence-electron chi connectivity index (χ1n) is 6.53. The first-order chi connectivity index (χ1) is 10.7. The molecule has 0 N–H and O–H groups in total. The van der Waals surface area contributed by atoms with Gasteiger partial charge in [-0.1, -0.05) is 53.7 Å². The molecule has 0 spiro atoms. The zero-order valence-electron chi connectivity index (χ0n) is 11.4. The Kier molecular flexibility index (Phi) is 4.87. The van der Waals surface area contributed by atoms with Crippen LogP contribution in [0.5, 0.6) is 0 Å². The largest absolute Gasteiger partial charge is 0.293 e. The molecule has 6 heteroatoms. The van der Waals surface area contributed by atoms with Gasteiger partial charge >= 0.3 is 0 Å². The molecule has 0 amide bonds. The number of benzene rings is 2. The normalized spacial score (nSPS) is 10.6. The number of hydrogen-bond donors (Lipinski definition) is 0. The van der Waals surface area contributed by atoms with Crippen LogP contribution in [0, 0.1) is 0 Å². The number of carbonyl (C=O) groups is 1. The number of Topliss-reactive ketones (excluding diaryl/α,β-unsaturated/α-hetero) is 1. The molecule has 0 aliphatic carbocycles. The molecule has 3 aromatic rings. The van der Waals surface area contributed by atoms with Crippen LogP contribution in [0.25, 0.3) is 11.4 Å². The van der Waals surface area contributed by atoms with Gasteiger partial charge in [0, 0.05) is 16.1 Å². The molecule has 3 nitrogen and oxygen atoms in total. The molecule has 1 heterocycles. The van der Waals surface area contributed by atoms with Crippen LogP contribution in [-0.4, -0.2) is 20.9 Å². The Morgan fingerprint density at radius 3 is 2.55 bits per heavy atom. The van der Waals surface area contributed by atoms with E-state index in [4.69, 9.17) is 11.6 Å². The average Bonchev–Trinajstić information content (AvgIpc) is 3.03. The van der Waals surface area contributed by atoms with Crippen molar-refractivity contribution in [1.82, 2.24) is 9.36 Å². The zero-order valence-corrected chi connectivity index (χ0v) is 13.8. The van der Waals surface area contributed by atoms with Crippen molar-refractivity contribution >= 4 is 40.7 Å². The van der Waals surface area contributed by atoms with Gasteiger partial charge in [-0.2, -0.15) is 4.37 Å². The summed E-state index contributed by atoms with van der Waals surface area (Å²) in [5, 5.41) is 0.626. The lowest BCUT2D eigenvalue weighted by molar-refractivity contribution is 0.102. The fourth-order valence-corrected chi connectivity index (χ4v) is 3.45. The van der Waals surface area contributed by atoms with Crippen LogP contribution in [0.15, 0.2) is 58.9 Å². The van der Waals surface area contributed by atoms with Gasteiger partial charge in [0.15, 0.2) is 15.9 Å². The molecule has 1 aromatic heterocycles. The highest BCUT2D eigenvalue weighted by Crippen LogP contribution is 2.25. The van der Waals surface area contributed by atoms with E-state index in [-0.39, 0.29) is 5.78 Å². The van der Waals surface area contributed by atoms with Gasteiger partial charge in [-0.05, 0) is 35.8 Å². The van der Waals surface area contributed by atoms with Gasteiger partial charge in [-0.15, -0.1) is 0 Å². The first kappa shape index (κ1) is 15.2. The van der Waals surface area contributed by atoms with Gasteiger partial charge in [0.1, 0.15) is 0 Å². The summed E-state index contributed by atoms with van der Waals surface area (Å²) >= 11 is 8.54. The molecular formula is C16H11ClN2OS2. The Balaban J connectivity index is 1.64. The van der Waals surface area contributed by atoms with Crippen LogP contribution >= 0.6 is 34.9 Å². The van der Waals surface area contributed by atoms with Crippen molar-refractivity contribution in [2.45, 2.75) is 4.34 Å². The summed E-state index contributed by atoms with van der Waals surface area (Å²) < 4.78 is 5.12. The van der Waals surface area contributed by atoms with Crippen molar-refractivity contribution in [1.29, 1.82) is 0 Å². The lowest BCUT2D eigenvalue weighted by atomic mass is 10.1. The second kappa shape index (κ2) is 7.05. The number of nitrogens with zero attached hydrogens (tertiary/aromatic N) is 2. The van der Waals surface area contributed by atoms with E-state index >= 15 is 0 Å². The molecule has 0 saturated heterocycles. The molecular weight excluding hydrogens is 336 g/mol. The molecule has 110 valence electrons. The minimum atomic E-state index is 0.0538. The van der Waals surface area contributed by atoms with Gasteiger partial charge in [0.05, 0.1) is 5.75 Å². The van der Waals surface area contributed by atoms with Crippen molar-refractivity contribution in [3.8, 4) is 11.4 Å². The highest BCUT2D eigenvalue weighted by molar-refractivity contribution is 8.01. The van der Waals surface area contributed by atoms with E-state index in [9.17, 15) is 4.79 Å². The lowest BCUT2D eigenvalue weighted by Crippen LogP contribution is -2.01. The van der Waals surface area contributed by atoms with E-state index in [1.54, 1.807) is 24.3 Å². The minimum Gasteiger partial charge on any atom is -0.293 e. The third-order valence-corrected chi connectivity index (χ3v) is 5.02. The molecule has 0 saturated carbocycles. The Bertz CT molecular complexity index is 772. The van der Waals surface area contributed by atoms with E-state index in [1.807, 2.05) is 30.3 Å². The molecule has 0 bridgehead atoms. The molecule has 0 fully saturated rings. The molecule has 3 rings (SSSR count). The van der Waals surface area contributed by atoms with Gasteiger partial charge < -0.3 is 0 Å². The summed E-state index contributed by atoms with van der Waals surface area (Å²) in [6.07, 6.45) is 0. The summed E-state index contributed by atoms with van der Waals surface area (Å²) in [5.41, 5.74) is 1.64. The predicted octanol–water partition coefficient (Wildman–Crippen LogP) is 4.83. The molecule has 0 atom stereocenters. The second-order valence-corrected chi connectivity index (χ2v) is 6.88. The second-order valence-electron chi connectivity index (χ2n) is 4.47. The number of ketones is 1. The topological polar surface area (TPSA) is 42.9 Å². The van der Waals surface area contributed by atoms with Crippen molar-refractivity contribution in [2.75, 3.05) is 5.75 Å². The maximum atomic E-state index is 12.1. The van der Waals surface area contributed by atoms with Crippen LogP contribution in [0.1, 0.15) is 10.4 Å². The van der Waals surface area contributed by atoms with Crippen LogP contribution in [0.2, 0.25) is 5.02 Å². The van der Waals surface area contributed by atoms with E-state index in [0.717, 1.165) is 9.90 Å². The van der Waals surface area contributed by atoms with Crippen LogP contribution in [-0.2, 0) is 0 Å². The number of thioether (sulfide) groups is 1. The van der Waals surface area contributed by atoms with Crippen molar-refractivity contribution in [3.63, 3.8) is 0 Å². The summed E-state index contributed by atoms with van der Waals surface area (Å²) in [5.74, 6) is 1.09.